The Balaban J connectivity index is 0.617. The quantitative estimate of drug-likeness (QED) is 0.00914. The standard InChI is InChI=1S/C93H118N6O17/c1-61(2)74(57-73(102)41-47-113-49-51-115-53-52-114-50-48-112-46-13-19-71(100)36-40-84(106)99-59-69-18-8-7-16-64(69)27-28-67-17-9-11-21-78(67)99)87(109)97-77(20-10-12-22-82(94)104)79(103)54-62-23-25-63(26-24-62)60-116-85(107)55-68(33-39-83(95)105)86(108)96-70-34-29-65-31-37-80-90(3,75(65)56-70)42-14-44-92(80,5)88(110)98-89(111)93(6)45-15-43-91(4)76-58-72(101)35-30-66(76)32-38-81(91)93/h7-9,11,16-18,21,23-26,29-30,34-35,56,58,61,68,74,77,80-81,101H,10,12-15,19-20,22,31-33,36-55,57,59-60H2,1-6H3,(H2,94,104)(H2,95,105)(H,96,108)(H,97,109)(H,98,110,111)/t68-,74+,77+,80-,81-,90-,91-,92+,93+/m1/s1. The molecular formula is C93H118N6O17. The molecule has 2 saturated carbocycles. The molecule has 0 aromatic heterocycles. The number of rotatable bonds is 43. The highest BCUT2D eigenvalue weighted by Gasteiger charge is 2.59. The topological polar surface area (TPSA) is 346 Å². The van der Waals surface area contributed by atoms with Crippen molar-refractivity contribution in [1.29, 1.82) is 0 Å². The molecule has 23 heteroatoms. The van der Waals surface area contributed by atoms with E-state index in [-0.39, 0.29) is 155 Å². The Morgan fingerprint density at radius 3 is 1.77 bits per heavy atom. The minimum Gasteiger partial charge on any atom is -0.508 e. The van der Waals surface area contributed by atoms with Crippen LogP contribution >= 0.6 is 0 Å². The summed E-state index contributed by atoms with van der Waals surface area (Å²) >= 11 is 0. The average Bonchev–Trinajstić information content (AvgIpc) is 0.721. The second-order valence-electron chi connectivity index (χ2n) is 33.7. The Bertz CT molecular complexity index is 4430. The van der Waals surface area contributed by atoms with Gasteiger partial charge < -0.3 is 55.8 Å². The fraction of sp³-hybridized carbons (Fsp3) is 0.538. The molecule has 23 nitrogen and oxygen atoms in total. The number of carbonyl (C=O) groups is 11. The van der Waals surface area contributed by atoms with Crippen molar-refractivity contribution in [3.05, 3.63) is 159 Å². The van der Waals surface area contributed by atoms with Gasteiger partial charge in [0.25, 0.3) is 0 Å². The van der Waals surface area contributed by atoms with Crippen LogP contribution in [0.25, 0.3) is 0 Å². The molecule has 0 radical (unpaired) electrons. The lowest BCUT2D eigenvalue weighted by atomic mass is 9.49. The predicted octanol–water partition coefficient (Wildman–Crippen LogP) is 12.1. The summed E-state index contributed by atoms with van der Waals surface area (Å²) in [6.45, 7) is 14.6. The lowest BCUT2D eigenvalue weighted by Crippen LogP contribution is -2.60. The zero-order chi connectivity index (χ0) is 83.2. The predicted molar refractivity (Wildman–Crippen MR) is 439 cm³/mol. The van der Waals surface area contributed by atoms with E-state index in [1.807, 2.05) is 107 Å². The molecule has 5 aromatic carbocycles. The number of aromatic hydroxyl groups is 1. The number of imide groups is 1. The van der Waals surface area contributed by atoms with E-state index in [1.165, 1.54) is 5.56 Å². The zero-order valence-electron chi connectivity index (χ0n) is 68.5. The fourth-order valence-electron chi connectivity index (χ4n) is 18.6. The summed E-state index contributed by atoms with van der Waals surface area (Å²) in [5.41, 5.74) is 18.0. The number of nitrogens with one attached hydrogen (secondary N) is 3. The van der Waals surface area contributed by atoms with Crippen LogP contribution < -0.4 is 32.3 Å². The molecule has 5 aliphatic rings. The first-order valence-electron chi connectivity index (χ1n) is 41.7. The van der Waals surface area contributed by atoms with Crippen molar-refractivity contribution in [3.8, 4) is 17.6 Å². The van der Waals surface area contributed by atoms with Crippen LogP contribution in [0.4, 0.5) is 11.4 Å². The summed E-state index contributed by atoms with van der Waals surface area (Å²) < 4.78 is 28.3. The Labute approximate surface area is 682 Å². The number of nitrogens with zero attached hydrogens (tertiary/aromatic N) is 1. The summed E-state index contributed by atoms with van der Waals surface area (Å²) in [6, 6.07) is 32.6. The molecule has 4 aliphatic carbocycles. The molecular weight excluding hydrogens is 1470 g/mol. The molecule has 622 valence electrons. The van der Waals surface area contributed by atoms with Crippen molar-refractivity contribution in [2.45, 2.75) is 226 Å². The first kappa shape index (κ1) is 88.6. The molecule has 8 N–H and O–H groups in total. The van der Waals surface area contributed by atoms with Crippen LogP contribution in [0, 0.1) is 52.3 Å². The van der Waals surface area contributed by atoms with Gasteiger partial charge in [0.1, 0.15) is 23.9 Å². The number of unbranched alkanes of at least 4 members (excludes halogenated alkanes) is 1. The minimum atomic E-state index is -0.987. The van der Waals surface area contributed by atoms with Gasteiger partial charge in [-0.3, -0.25) is 58.1 Å². The first-order chi connectivity index (χ1) is 55.6. The fourth-order valence-corrected chi connectivity index (χ4v) is 18.6. The highest BCUT2D eigenvalue weighted by atomic mass is 16.6. The van der Waals surface area contributed by atoms with Gasteiger partial charge in [-0.2, -0.15) is 0 Å². The number of ketones is 3. The maximum Gasteiger partial charge on any atom is 0.306 e. The van der Waals surface area contributed by atoms with E-state index in [1.54, 1.807) is 35.2 Å². The van der Waals surface area contributed by atoms with E-state index < -0.39 is 63.7 Å². The largest absolute Gasteiger partial charge is 0.508 e. The van der Waals surface area contributed by atoms with Crippen LogP contribution in [0.5, 0.6) is 5.75 Å². The highest BCUT2D eigenvalue weighted by Crippen LogP contribution is 2.60. The summed E-state index contributed by atoms with van der Waals surface area (Å²) in [7, 11) is 0. The zero-order valence-corrected chi connectivity index (χ0v) is 68.5. The minimum absolute atomic E-state index is 0.00328. The number of carbonyl (C=O) groups excluding carboxylic acids is 11. The molecule has 0 spiro atoms. The van der Waals surface area contributed by atoms with Gasteiger partial charge >= 0.3 is 5.97 Å². The van der Waals surface area contributed by atoms with Crippen molar-refractivity contribution in [2.24, 2.45) is 51.9 Å². The molecule has 1 aliphatic heterocycles. The second-order valence-corrected chi connectivity index (χ2v) is 33.7. The van der Waals surface area contributed by atoms with Crippen molar-refractivity contribution in [3.63, 3.8) is 0 Å². The number of amides is 7. The average molecular weight is 1590 g/mol. The Hall–Kier alpha value is -9.73. The third kappa shape index (κ3) is 23.1. The number of anilines is 2. The van der Waals surface area contributed by atoms with Gasteiger partial charge in [0.2, 0.25) is 41.4 Å². The molecule has 0 bridgehead atoms. The lowest BCUT2D eigenvalue weighted by Gasteiger charge is -2.56. The molecule has 7 amide bonds. The molecule has 10 rings (SSSR count). The van der Waals surface area contributed by atoms with Crippen molar-refractivity contribution in [1.82, 2.24) is 10.6 Å². The number of benzene rings is 5. The summed E-state index contributed by atoms with van der Waals surface area (Å²) in [5, 5.41) is 19.5. The Morgan fingerprint density at radius 1 is 0.552 bits per heavy atom. The molecule has 9 atom stereocenters. The van der Waals surface area contributed by atoms with Crippen LogP contribution in [0.1, 0.15) is 226 Å². The molecule has 0 unspecified atom stereocenters. The molecule has 1 heterocycles. The van der Waals surface area contributed by atoms with Crippen molar-refractivity contribution in [2.75, 3.05) is 63.1 Å². The van der Waals surface area contributed by atoms with Gasteiger partial charge in [-0.1, -0.05) is 139 Å². The van der Waals surface area contributed by atoms with Gasteiger partial charge in [0.05, 0.1) is 81.8 Å². The number of hydrogen-bond acceptors (Lipinski definition) is 17. The number of Topliss-reactive ketones (excluding diaryl/α,β-unsaturated/α-hetero) is 3. The van der Waals surface area contributed by atoms with Gasteiger partial charge in [-0.25, -0.2) is 0 Å². The van der Waals surface area contributed by atoms with E-state index in [2.05, 4.69) is 41.6 Å². The second kappa shape index (κ2) is 41.4. The summed E-state index contributed by atoms with van der Waals surface area (Å²) in [5.74, 6) is 0.654. The number of phenols is 1. The number of aryl methyl sites for hydroxylation is 2. The SMILES string of the molecule is CC(C)[C@H](CC(=O)CCOCCOCCOCCOCCCC(=O)CCC(=O)N1Cc2ccccc2C#Cc2ccccc21)C(=O)N[C@@H](CCCCC(N)=O)C(=O)Cc1ccc(COC(=O)C[C@@H](CCC(N)=O)C(=O)Nc2ccc3c(c2)[C@@]2(C)CCC[C@](C)(C(=O)NC(=O)[C@@]4(C)CCC[C@]5(C)c6cc(O)ccc6CC[C@@H]45)[C@@H]2CC3)cc1. The summed E-state index contributed by atoms with van der Waals surface area (Å²) in [4.78, 5) is 151. The molecule has 5 aromatic rings. The summed E-state index contributed by atoms with van der Waals surface area (Å²) in [6.07, 6.45) is 9.18. The Kier molecular flexibility index (Phi) is 31.6. The monoisotopic (exact) mass is 1590 g/mol. The van der Waals surface area contributed by atoms with Crippen LogP contribution in [0.3, 0.4) is 0 Å². The van der Waals surface area contributed by atoms with Crippen LogP contribution in [0.15, 0.2) is 109 Å². The highest BCUT2D eigenvalue weighted by molar-refractivity contribution is 6.01. The van der Waals surface area contributed by atoms with Gasteiger partial charge in [-0.15, -0.1) is 0 Å². The number of para-hydroxylation sites is 1. The Morgan fingerprint density at radius 2 is 1.13 bits per heavy atom. The van der Waals surface area contributed by atoms with Gasteiger partial charge in [0.15, 0.2) is 5.78 Å². The number of fused-ring (bicyclic) bond motifs is 8. The number of hydrogen-bond donors (Lipinski definition) is 6. The number of primary amides is 2. The molecule has 2 fully saturated rings. The van der Waals surface area contributed by atoms with Crippen molar-refractivity contribution < 1.29 is 81.5 Å². The third-order valence-electron chi connectivity index (χ3n) is 25.2. The van der Waals surface area contributed by atoms with E-state index >= 15 is 0 Å². The van der Waals surface area contributed by atoms with E-state index in [4.69, 9.17) is 35.2 Å². The number of phenolic OH excluding ortho intramolecular Hbond substituents is 1. The number of nitrogens with two attached hydrogens (primary N) is 2. The number of esters is 1. The van der Waals surface area contributed by atoms with Crippen LogP contribution in [-0.4, -0.2) is 129 Å². The van der Waals surface area contributed by atoms with E-state index in [0.717, 1.165) is 84.0 Å². The maximum atomic E-state index is 14.9. The molecule has 0 saturated heterocycles. The van der Waals surface area contributed by atoms with Crippen molar-refractivity contribution >= 4 is 76.0 Å². The smallest absolute Gasteiger partial charge is 0.306 e. The third-order valence-corrected chi connectivity index (χ3v) is 25.2. The first-order valence-corrected chi connectivity index (χ1v) is 41.7. The van der Waals surface area contributed by atoms with Gasteiger partial charge in [0, 0.05) is 86.6 Å². The number of ether oxygens (including phenoxy) is 5. The lowest BCUT2D eigenvalue weighted by molar-refractivity contribution is -0.150. The van der Waals surface area contributed by atoms with Gasteiger partial charge in [-0.05, 0) is 187 Å². The van der Waals surface area contributed by atoms with Crippen LogP contribution in [-0.2, 0) is 120 Å². The van der Waals surface area contributed by atoms with Crippen LogP contribution in [0.2, 0.25) is 0 Å². The maximum absolute atomic E-state index is 14.9. The normalized spacial score (nSPS) is 21.1. The molecule has 116 heavy (non-hydrogen) atoms. The van der Waals surface area contributed by atoms with E-state index in [0.29, 0.717) is 101 Å². The van der Waals surface area contributed by atoms with E-state index in [9.17, 15) is 57.8 Å².